The second-order valence-electron chi connectivity index (χ2n) is 9.73. The van der Waals surface area contributed by atoms with E-state index in [0.29, 0.717) is 23.7 Å². The van der Waals surface area contributed by atoms with Crippen molar-refractivity contribution < 1.29 is 9.59 Å². The lowest BCUT2D eigenvalue weighted by Crippen LogP contribution is -2.47. The maximum absolute atomic E-state index is 13.4. The van der Waals surface area contributed by atoms with Crippen LogP contribution in [0.25, 0.3) is 0 Å². The van der Waals surface area contributed by atoms with Crippen LogP contribution in [0.1, 0.15) is 65.2 Å². The maximum atomic E-state index is 13.4. The molecule has 0 radical (unpaired) electrons. The van der Waals surface area contributed by atoms with Crippen molar-refractivity contribution in [1.29, 1.82) is 0 Å². The third kappa shape index (κ3) is 2.71. The lowest BCUT2D eigenvalue weighted by molar-refractivity contribution is -0.141. The van der Waals surface area contributed by atoms with Crippen molar-refractivity contribution in [2.45, 2.75) is 65.2 Å². The summed E-state index contributed by atoms with van der Waals surface area (Å²) in [5, 5.41) is 0. The summed E-state index contributed by atoms with van der Waals surface area (Å²) in [6.07, 6.45) is 8.24. The number of hydrogen-bond acceptors (Lipinski definition) is 2. The number of rotatable bonds is 4. The molecule has 2 saturated carbocycles. The van der Waals surface area contributed by atoms with Gasteiger partial charge in [0.2, 0.25) is 11.8 Å². The number of carbonyl (C=O) groups is 2. The number of fused-ring (bicyclic) bond motifs is 2. The van der Waals surface area contributed by atoms with Crippen LogP contribution >= 0.6 is 0 Å². The van der Waals surface area contributed by atoms with E-state index >= 15 is 0 Å². The van der Waals surface area contributed by atoms with Gasteiger partial charge in [-0.25, -0.2) is 0 Å². The van der Waals surface area contributed by atoms with E-state index < -0.39 is 0 Å². The summed E-state index contributed by atoms with van der Waals surface area (Å²) >= 11 is 0. The van der Waals surface area contributed by atoms with E-state index in [2.05, 4.69) is 25.3 Å². The Morgan fingerprint density at radius 3 is 2.50 bits per heavy atom. The summed E-state index contributed by atoms with van der Waals surface area (Å²) in [4.78, 5) is 29.3. The van der Waals surface area contributed by atoms with Crippen LogP contribution in [0.2, 0.25) is 0 Å². The number of piperidine rings is 1. The van der Waals surface area contributed by atoms with Gasteiger partial charge in [0.05, 0.1) is 5.41 Å². The maximum Gasteiger partial charge on any atom is 0.232 e. The van der Waals surface area contributed by atoms with Crippen LogP contribution in [0.5, 0.6) is 0 Å². The molecule has 144 valence electrons. The molecule has 2 bridgehead atoms. The molecule has 4 aliphatic rings. The molecule has 26 heavy (non-hydrogen) atoms. The first-order valence-electron chi connectivity index (χ1n) is 10.6. The highest BCUT2D eigenvalue weighted by Crippen LogP contribution is 2.66. The SMILES string of the molecule is C=C1C(C)(C)[C@H]2CC[C@]1(C(=O)N1CCC(CCN3CCCC3=O)CC1)C2. The molecular formula is C22H34N2O2. The highest BCUT2D eigenvalue weighted by molar-refractivity contribution is 5.87. The van der Waals surface area contributed by atoms with Crippen molar-refractivity contribution in [3.8, 4) is 0 Å². The van der Waals surface area contributed by atoms with E-state index in [-0.39, 0.29) is 10.8 Å². The predicted octanol–water partition coefficient (Wildman–Crippen LogP) is 3.62. The molecule has 0 aromatic rings. The second-order valence-corrected chi connectivity index (χ2v) is 9.73. The van der Waals surface area contributed by atoms with Gasteiger partial charge >= 0.3 is 0 Å². The number of amides is 2. The normalized spacial score (nSPS) is 34.2. The molecule has 0 spiro atoms. The molecule has 0 unspecified atom stereocenters. The van der Waals surface area contributed by atoms with Gasteiger partial charge in [-0.15, -0.1) is 0 Å². The summed E-state index contributed by atoms with van der Waals surface area (Å²) < 4.78 is 0. The lowest BCUT2D eigenvalue weighted by atomic mass is 9.68. The van der Waals surface area contributed by atoms with E-state index in [4.69, 9.17) is 0 Å². The van der Waals surface area contributed by atoms with Gasteiger partial charge in [0.25, 0.3) is 0 Å². The molecule has 0 N–H and O–H groups in total. The third-order valence-corrected chi connectivity index (χ3v) is 8.18. The van der Waals surface area contributed by atoms with Crippen molar-refractivity contribution >= 4 is 11.8 Å². The topological polar surface area (TPSA) is 40.6 Å². The molecule has 4 rings (SSSR count). The van der Waals surface area contributed by atoms with E-state index in [1.54, 1.807) is 0 Å². The van der Waals surface area contributed by atoms with Gasteiger partial charge in [-0.1, -0.05) is 26.0 Å². The van der Waals surface area contributed by atoms with Gasteiger partial charge in [0, 0.05) is 32.6 Å². The zero-order valence-electron chi connectivity index (χ0n) is 16.6. The number of carbonyl (C=O) groups excluding carboxylic acids is 2. The van der Waals surface area contributed by atoms with Crippen molar-refractivity contribution in [3.63, 3.8) is 0 Å². The monoisotopic (exact) mass is 358 g/mol. The fraction of sp³-hybridized carbons (Fsp3) is 0.818. The first kappa shape index (κ1) is 18.1. The molecule has 2 aliphatic heterocycles. The Bertz CT molecular complexity index is 618. The molecule has 4 fully saturated rings. The minimum Gasteiger partial charge on any atom is -0.343 e. The van der Waals surface area contributed by atoms with Crippen molar-refractivity contribution in [3.05, 3.63) is 12.2 Å². The van der Waals surface area contributed by atoms with Crippen LogP contribution in [0.15, 0.2) is 12.2 Å². The largest absolute Gasteiger partial charge is 0.343 e. The Morgan fingerprint density at radius 1 is 1.19 bits per heavy atom. The average molecular weight is 359 g/mol. The van der Waals surface area contributed by atoms with Crippen molar-refractivity contribution in [2.24, 2.45) is 22.7 Å². The van der Waals surface area contributed by atoms with Crippen LogP contribution in [0, 0.1) is 22.7 Å². The molecule has 4 heteroatoms. The Labute approximate surface area is 158 Å². The first-order valence-corrected chi connectivity index (χ1v) is 10.6. The number of hydrogen-bond donors (Lipinski definition) is 0. The summed E-state index contributed by atoms with van der Waals surface area (Å²) in [7, 11) is 0. The Morgan fingerprint density at radius 2 is 1.92 bits per heavy atom. The molecule has 4 nitrogen and oxygen atoms in total. The summed E-state index contributed by atoms with van der Waals surface area (Å²) in [5.41, 5.74) is 1.05. The van der Waals surface area contributed by atoms with Gasteiger partial charge < -0.3 is 9.80 Å². The zero-order chi connectivity index (χ0) is 18.5. The Balaban J connectivity index is 1.31. The van der Waals surface area contributed by atoms with Gasteiger partial charge in [-0.2, -0.15) is 0 Å². The van der Waals surface area contributed by atoms with Crippen LogP contribution in [-0.4, -0.2) is 47.8 Å². The van der Waals surface area contributed by atoms with Gasteiger partial charge in [-0.05, 0) is 62.2 Å². The fourth-order valence-electron chi connectivity index (χ4n) is 6.13. The van der Waals surface area contributed by atoms with Gasteiger partial charge in [0.1, 0.15) is 0 Å². The minimum atomic E-state index is -0.261. The smallest absolute Gasteiger partial charge is 0.232 e. The summed E-state index contributed by atoms with van der Waals surface area (Å²) in [6, 6.07) is 0. The van der Waals surface area contributed by atoms with Gasteiger partial charge in [-0.3, -0.25) is 9.59 Å². The summed E-state index contributed by atoms with van der Waals surface area (Å²) in [6.45, 7) is 12.6. The number of likely N-dealkylation sites (tertiary alicyclic amines) is 2. The predicted molar refractivity (Wildman–Crippen MR) is 102 cm³/mol. The van der Waals surface area contributed by atoms with Crippen LogP contribution < -0.4 is 0 Å². The van der Waals surface area contributed by atoms with Crippen molar-refractivity contribution in [1.82, 2.24) is 9.80 Å². The summed E-state index contributed by atoms with van der Waals surface area (Å²) in [5.74, 6) is 1.98. The first-order chi connectivity index (χ1) is 12.3. The molecule has 0 aromatic heterocycles. The molecule has 0 aromatic carbocycles. The Kier molecular flexibility index (Phi) is 4.44. The second kappa shape index (κ2) is 6.38. The molecular weight excluding hydrogens is 324 g/mol. The highest BCUT2D eigenvalue weighted by atomic mass is 16.2. The fourth-order valence-corrected chi connectivity index (χ4v) is 6.13. The van der Waals surface area contributed by atoms with E-state index in [1.807, 2.05) is 4.90 Å². The Hall–Kier alpha value is -1.32. The molecule has 2 heterocycles. The van der Waals surface area contributed by atoms with E-state index in [1.165, 1.54) is 12.0 Å². The van der Waals surface area contributed by atoms with Crippen LogP contribution in [0.3, 0.4) is 0 Å². The van der Waals surface area contributed by atoms with Gasteiger partial charge in [0.15, 0.2) is 0 Å². The van der Waals surface area contributed by atoms with Crippen LogP contribution in [0.4, 0.5) is 0 Å². The van der Waals surface area contributed by atoms with E-state index in [9.17, 15) is 9.59 Å². The molecule has 2 aliphatic carbocycles. The van der Waals surface area contributed by atoms with Crippen LogP contribution in [-0.2, 0) is 9.59 Å². The molecule has 2 amide bonds. The highest BCUT2D eigenvalue weighted by Gasteiger charge is 2.61. The zero-order valence-corrected chi connectivity index (χ0v) is 16.6. The van der Waals surface area contributed by atoms with E-state index in [0.717, 1.165) is 71.1 Å². The quantitative estimate of drug-likeness (QED) is 0.720. The van der Waals surface area contributed by atoms with Crippen molar-refractivity contribution in [2.75, 3.05) is 26.2 Å². The standard InChI is InChI=1S/C22H34N2O2/c1-16-21(2,3)18-6-10-22(16,15-18)20(26)24-13-8-17(9-14-24)7-12-23-11-4-5-19(23)25/h17-18H,1,4-15H2,2-3H3/t18-,22-/m0/s1. The third-order valence-electron chi connectivity index (χ3n) is 8.18. The lowest BCUT2D eigenvalue weighted by Gasteiger charge is -2.41. The number of nitrogens with zero attached hydrogens (tertiary/aromatic N) is 2. The average Bonchev–Trinajstić information content (AvgIpc) is 3.30. The molecule has 2 atom stereocenters. The molecule has 2 saturated heterocycles. The minimum absolute atomic E-state index is 0.120.